The minimum atomic E-state index is -2.15. The Hall–Kier alpha value is -2.22. The van der Waals surface area contributed by atoms with Crippen LogP contribution in [0.1, 0.15) is 45.1 Å². The number of fused-ring (bicyclic) bond motifs is 7. The van der Waals surface area contributed by atoms with Crippen LogP contribution >= 0.6 is 0 Å². The molecule has 1 saturated heterocycles. The number of hydrogen-bond acceptors (Lipinski definition) is 5. The van der Waals surface area contributed by atoms with Crippen LogP contribution in [0.15, 0.2) is 54.1 Å². The average Bonchev–Trinajstić information content (AvgIpc) is 3.39. The van der Waals surface area contributed by atoms with Crippen molar-refractivity contribution in [3.05, 3.63) is 59.7 Å². The van der Waals surface area contributed by atoms with Crippen molar-refractivity contribution in [1.82, 2.24) is 4.90 Å². The van der Waals surface area contributed by atoms with Crippen molar-refractivity contribution in [2.45, 2.75) is 63.9 Å². The van der Waals surface area contributed by atoms with E-state index in [0.717, 1.165) is 19.4 Å². The Balaban J connectivity index is 1.32. The Morgan fingerprint density at radius 3 is 2.62 bits per heavy atom. The summed E-state index contributed by atoms with van der Waals surface area (Å²) in [5.41, 5.74) is -3.91. The number of Topliss-reactive ketones (excluding diaryl/α,β-unsaturated/α-hetero) is 1. The Kier molecular flexibility index (Phi) is 6.33. The molecule has 0 radical (unpaired) electrons. The van der Waals surface area contributed by atoms with E-state index in [1.54, 1.807) is 6.92 Å². The molecule has 210 valence electrons. The number of ketones is 2. The zero-order valence-electron chi connectivity index (χ0n) is 22.8. The molecule has 0 aromatic heterocycles. The van der Waals surface area contributed by atoms with Crippen molar-refractivity contribution in [1.29, 1.82) is 0 Å². The van der Waals surface area contributed by atoms with Gasteiger partial charge in [-0.2, -0.15) is 0 Å². The fourth-order valence-corrected chi connectivity index (χ4v) is 9.84. The van der Waals surface area contributed by atoms with Crippen molar-refractivity contribution in [2.24, 2.45) is 34.0 Å². The number of aliphatic hydroxyl groups excluding tert-OH is 2. The maximum atomic E-state index is 17.5. The number of aryl methyl sites for hydroxylation is 1. The molecule has 5 nitrogen and oxygen atoms in total. The quantitative estimate of drug-likeness (QED) is 0.571. The summed E-state index contributed by atoms with van der Waals surface area (Å²) in [6.07, 6.45) is 3.38. The van der Waals surface area contributed by atoms with E-state index >= 15 is 8.78 Å². The summed E-state index contributed by atoms with van der Waals surface area (Å²) < 4.78 is 33.2. The highest BCUT2D eigenvalue weighted by atomic mass is 19.1. The van der Waals surface area contributed by atoms with Crippen molar-refractivity contribution in [2.75, 3.05) is 26.2 Å². The highest BCUT2D eigenvalue weighted by Crippen LogP contribution is 2.74. The summed E-state index contributed by atoms with van der Waals surface area (Å²) in [4.78, 5) is 28.0. The van der Waals surface area contributed by atoms with E-state index in [1.807, 2.05) is 25.1 Å². The minimum Gasteiger partial charge on any atom is -0.390 e. The van der Waals surface area contributed by atoms with Crippen molar-refractivity contribution < 1.29 is 28.6 Å². The summed E-state index contributed by atoms with van der Waals surface area (Å²) in [6, 6.07) is 10.3. The molecule has 1 aromatic rings. The normalized spacial score (nSPS) is 44.8. The second kappa shape index (κ2) is 9.15. The number of rotatable bonds is 6. The van der Waals surface area contributed by atoms with Crippen LogP contribution in [0.25, 0.3) is 0 Å². The number of aliphatic hydroxyl groups is 2. The van der Waals surface area contributed by atoms with Crippen LogP contribution in [-0.2, 0) is 16.0 Å². The Morgan fingerprint density at radius 1 is 1.15 bits per heavy atom. The van der Waals surface area contributed by atoms with Gasteiger partial charge in [-0.25, -0.2) is 8.78 Å². The molecule has 39 heavy (non-hydrogen) atoms. The first-order chi connectivity index (χ1) is 18.5. The minimum absolute atomic E-state index is 0.0619. The molecule has 2 N–H and O–H groups in total. The van der Waals surface area contributed by atoms with E-state index < -0.39 is 46.7 Å². The third-order valence-corrected chi connectivity index (χ3v) is 11.6. The monoisotopic (exact) mass is 539 g/mol. The lowest BCUT2D eigenvalue weighted by atomic mass is 9.43. The van der Waals surface area contributed by atoms with Crippen molar-refractivity contribution >= 4 is 11.6 Å². The molecule has 1 aromatic carbocycles. The van der Waals surface area contributed by atoms with Crippen molar-refractivity contribution in [3.63, 3.8) is 0 Å². The zero-order chi connectivity index (χ0) is 27.8. The lowest BCUT2D eigenvalue weighted by molar-refractivity contribution is -0.212. The summed E-state index contributed by atoms with van der Waals surface area (Å²) in [7, 11) is 0. The lowest BCUT2D eigenvalue weighted by Gasteiger charge is -2.63. The predicted molar refractivity (Wildman–Crippen MR) is 143 cm³/mol. The second-order valence-electron chi connectivity index (χ2n) is 13.2. The van der Waals surface area contributed by atoms with Gasteiger partial charge in [0.15, 0.2) is 17.2 Å². The van der Waals surface area contributed by atoms with E-state index in [0.29, 0.717) is 19.5 Å². The molecule has 0 spiro atoms. The Bertz CT molecular complexity index is 1230. The van der Waals surface area contributed by atoms with Crippen LogP contribution in [0.3, 0.4) is 0 Å². The number of benzene rings is 1. The first kappa shape index (κ1) is 27.0. The molecule has 7 heteroatoms. The average molecular weight is 540 g/mol. The molecule has 4 aliphatic carbocycles. The third-order valence-electron chi connectivity index (χ3n) is 11.6. The molecular weight excluding hydrogens is 500 g/mol. The van der Waals surface area contributed by atoms with E-state index in [9.17, 15) is 19.8 Å². The molecule has 0 bridgehead atoms. The fraction of sp³-hybridized carbons (Fsp3) is 0.625. The van der Waals surface area contributed by atoms with Gasteiger partial charge in [0.1, 0.15) is 12.8 Å². The molecule has 6 rings (SSSR count). The van der Waals surface area contributed by atoms with Crippen LogP contribution in [0.5, 0.6) is 0 Å². The van der Waals surface area contributed by atoms with Crippen molar-refractivity contribution in [3.8, 4) is 0 Å². The smallest absolute Gasteiger partial charge is 0.178 e. The maximum absolute atomic E-state index is 17.5. The Morgan fingerprint density at radius 2 is 1.90 bits per heavy atom. The van der Waals surface area contributed by atoms with Gasteiger partial charge in [0.05, 0.1) is 11.5 Å². The van der Waals surface area contributed by atoms with E-state index in [4.69, 9.17) is 0 Å². The van der Waals surface area contributed by atoms with E-state index in [2.05, 4.69) is 17.0 Å². The van der Waals surface area contributed by atoms with Crippen LogP contribution in [0.4, 0.5) is 8.78 Å². The summed E-state index contributed by atoms with van der Waals surface area (Å²) >= 11 is 0. The van der Waals surface area contributed by atoms with Gasteiger partial charge in [-0.05, 0) is 86.1 Å². The van der Waals surface area contributed by atoms with Gasteiger partial charge in [-0.15, -0.1) is 0 Å². The number of allylic oxidation sites excluding steroid dienone is 4. The molecule has 0 unspecified atom stereocenters. The molecule has 1 heterocycles. The van der Waals surface area contributed by atoms with Gasteiger partial charge in [0, 0.05) is 24.4 Å². The first-order valence-corrected chi connectivity index (χ1v) is 14.4. The molecular formula is C32H39F2NO4. The largest absolute Gasteiger partial charge is 0.390 e. The van der Waals surface area contributed by atoms with Gasteiger partial charge in [0.25, 0.3) is 0 Å². The Labute approximate surface area is 229 Å². The highest BCUT2D eigenvalue weighted by Gasteiger charge is 2.78. The van der Waals surface area contributed by atoms with Crippen LogP contribution in [0.2, 0.25) is 0 Å². The first-order valence-electron chi connectivity index (χ1n) is 14.4. The molecule has 3 saturated carbocycles. The van der Waals surface area contributed by atoms with Crippen LogP contribution < -0.4 is 0 Å². The number of halogens is 2. The second-order valence-corrected chi connectivity index (χ2v) is 13.2. The van der Waals surface area contributed by atoms with Crippen LogP contribution in [-0.4, -0.2) is 70.9 Å². The number of carbonyl (C=O) groups excluding carboxylic acids is 2. The highest BCUT2D eigenvalue weighted by molar-refractivity contribution is 6.01. The third kappa shape index (κ3) is 3.51. The number of carbonyl (C=O) groups is 2. The number of alkyl halides is 2. The predicted octanol–water partition coefficient (Wildman–Crippen LogP) is 4.03. The van der Waals surface area contributed by atoms with Gasteiger partial charge in [0.2, 0.25) is 0 Å². The lowest BCUT2D eigenvalue weighted by Crippen LogP contribution is -2.69. The van der Waals surface area contributed by atoms with E-state index in [-0.39, 0.29) is 41.8 Å². The number of nitrogens with zero attached hydrogens (tertiary/aromatic N) is 1. The summed E-state index contributed by atoms with van der Waals surface area (Å²) in [6.45, 7) is 4.93. The van der Waals surface area contributed by atoms with Gasteiger partial charge >= 0.3 is 0 Å². The SMILES string of the molecule is C[C@]12C=CC(=O)C=C1[C@@H](F)C[C@H]1[C@@H]3C[C@H]4CN(CCCc5ccccc5)C[C@@]4(C(=O)CO)[C@@]3(C)C[C@H](O)[C@@]12F. The van der Waals surface area contributed by atoms with Gasteiger partial charge in [-0.3, -0.25) is 9.59 Å². The summed E-state index contributed by atoms with van der Waals surface area (Å²) in [5.74, 6) is -1.83. The molecule has 0 amide bonds. The molecule has 9 atom stereocenters. The van der Waals surface area contributed by atoms with Gasteiger partial charge in [-0.1, -0.05) is 43.3 Å². The van der Waals surface area contributed by atoms with E-state index in [1.165, 1.54) is 23.8 Å². The standard InChI is InChI=1S/C32H39F2NO4/c1-29-11-10-22(37)14-25(29)26(33)15-24-23-13-21-17-35(12-6-9-20-7-4-3-5-8-20)19-31(21,28(39)18-36)30(23,2)16-27(38)32(24,29)34/h3-5,7-8,10-11,14,21,23-24,26-27,36,38H,6,9,12-13,15-19H2,1-2H3/t21-,23-,24-,26-,27-,29-,30-,31+,32-/m0/s1. The molecule has 5 aliphatic rings. The molecule has 4 fully saturated rings. The number of hydrogen-bond donors (Lipinski definition) is 2. The fourth-order valence-electron chi connectivity index (χ4n) is 9.84. The van der Waals surface area contributed by atoms with Crippen LogP contribution in [0, 0.1) is 34.0 Å². The van der Waals surface area contributed by atoms with Gasteiger partial charge < -0.3 is 15.1 Å². The topological polar surface area (TPSA) is 77.8 Å². The molecule has 1 aliphatic heterocycles. The summed E-state index contributed by atoms with van der Waals surface area (Å²) in [5, 5.41) is 21.8. The zero-order valence-corrected chi connectivity index (χ0v) is 22.8. The maximum Gasteiger partial charge on any atom is 0.178 e. The number of likely N-dealkylation sites (tertiary alicyclic amines) is 1.